The molecule has 0 saturated carbocycles. The lowest BCUT2D eigenvalue weighted by Crippen LogP contribution is -3.00. The Balaban J connectivity index is 0.00000133. The molecule has 0 aliphatic heterocycles. The average Bonchev–Trinajstić information content (AvgIpc) is 2.39. The SMILES string of the molecule is Clc1cccc(Nc2cc[n+]3ccccc3c2)c1.[Br-]. The molecule has 3 aromatic rings. The number of pyridine rings is 2. The second kappa shape index (κ2) is 6.04. The van der Waals surface area contributed by atoms with Gasteiger partial charge in [-0.3, -0.25) is 0 Å². The van der Waals surface area contributed by atoms with Crippen molar-refractivity contribution in [3.63, 3.8) is 0 Å². The van der Waals surface area contributed by atoms with E-state index in [4.69, 9.17) is 11.6 Å². The Hall–Kier alpha value is -1.58. The lowest BCUT2D eigenvalue weighted by Gasteiger charge is -2.05. The topological polar surface area (TPSA) is 16.1 Å². The van der Waals surface area contributed by atoms with E-state index in [1.165, 1.54) is 0 Å². The molecule has 0 bridgehead atoms. The van der Waals surface area contributed by atoms with Crippen LogP contribution in [0.2, 0.25) is 5.02 Å². The molecule has 0 unspecified atom stereocenters. The van der Waals surface area contributed by atoms with Crippen LogP contribution in [0.25, 0.3) is 5.52 Å². The van der Waals surface area contributed by atoms with Crippen LogP contribution >= 0.6 is 11.6 Å². The Morgan fingerprint density at radius 3 is 2.53 bits per heavy atom. The van der Waals surface area contributed by atoms with E-state index in [0.29, 0.717) is 0 Å². The number of nitrogens with zero attached hydrogens (tertiary/aromatic N) is 1. The molecule has 1 N–H and O–H groups in total. The zero-order valence-electron chi connectivity index (χ0n) is 10.1. The zero-order valence-corrected chi connectivity index (χ0v) is 12.4. The van der Waals surface area contributed by atoms with Gasteiger partial charge in [0.2, 0.25) is 5.52 Å². The van der Waals surface area contributed by atoms with Crippen molar-refractivity contribution in [1.82, 2.24) is 0 Å². The molecule has 19 heavy (non-hydrogen) atoms. The second-order valence-electron chi connectivity index (χ2n) is 4.08. The molecular formula is C15H12BrClN2. The number of hydrogen-bond acceptors (Lipinski definition) is 1. The quantitative estimate of drug-likeness (QED) is 0.686. The zero-order chi connectivity index (χ0) is 12.4. The van der Waals surface area contributed by atoms with E-state index in [0.717, 1.165) is 21.9 Å². The summed E-state index contributed by atoms with van der Waals surface area (Å²) in [7, 11) is 0. The molecule has 2 aromatic heterocycles. The molecule has 0 spiro atoms. The molecule has 0 atom stereocenters. The molecule has 0 aliphatic rings. The van der Waals surface area contributed by atoms with Gasteiger partial charge in [0.1, 0.15) is 0 Å². The Morgan fingerprint density at radius 2 is 1.68 bits per heavy atom. The van der Waals surface area contributed by atoms with E-state index in [1.54, 1.807) is 0 Å². The minimum atomic E-state index is 0. The fourth-order valence-electron chi connectivity index (χ4n) is 1.91. The number of rotatable bonds is 2. The summed E-state index contributed by atoms with van der Waals surface area (Å²) in [5, 5.41) is 4.07. The summed E-state index contributed by atoms with van der Waals surface area (Å²) >= 11 is 5.96. The van der Waals surface area contributed by atoms with Crippen molar-refractivity contribution < 1.29 is 21.4 Å². The summed E-state index contributed by atoms with van der Waals surface area (Å²) in [4.78, 5) is 0. The van der Waals surface area contributed by atoms with Crippen molar-refractivity contribution in [1.29, 1.82) is 0 Å². The number of anilines is 2. The molecular weight excluding hydrogens is 324 g/mol. The van der Waals surface area contributed by atoms with E-state index in [9.17, 15) is 0 Å². The number of halogens is 2. The van der Waals surface area contributed by atoms with Gasteiger partial charge in [-0.05, 0) is 24.3 Å². The third-order valence-electron chi connectivity index (χ3n) is 2.75. The van der Waals surface area contributed by atoms with E-state index in [1.807, 2.05) is 54.9 Å². The summed E-state index contributed by atoms with van der Waals surface area (Å²) in [6.07, 6.45) is 4.06. The molecule has 3 rings (SSSR count). The molecule has 0 fully saturated rings. The summed E-state index contributed by atoms with van der Waals surface area (Å²) < 4.78 is 2.07. The first-order valence-electron chi connectivity index (χ1n) is 5.74. The van der Waals surface area contributed by atoms with Crippen LogP contribution in [0.4, 0.5) is 11.4 Å². The number of benzene rings is 1. The van der Waals surface area contributed by atoms with Gasteiger partial charge >= 0.3 is 0 Å². The van der Waals surface area contributed by atoms with Gasteiger partial charge in [-0.25, -0.2) is 0 Å². The monoisotopic (exact) mass is 334 g/mol. The fourth-order valence-corrected chi connectivity index (χ4v) is 2.10. The number of nitrogens with one attached hydrogen (secondary N) is 1. The first-order chi connectivity index (χ1) is 8.81. The molecule has 2 heterocycles. The van der Waals surface area contributed by atoms with Crippen LogP contribution in [0.1, 0.15) is 0 Å². The maximum Gasteiger partial charge on any atom is 0.212 e. The van der Waals surface area contributed by atoms with Crippen LogP contribution in [-0.2, 0) is 0 Å². The highest BCUT2D eigenvalue weighted by molar-refractivity contribution is 6.30. The van der Waals surface area contributed by atoms with Gasteiger partial charge in [-0.2, -0.15) is 4.40 Å². The lowest BCUT2D eigenvalue weighted by atomic mass is 10.2. The summed E-state index contributed by atoms with van der Waals surface area (Å²) in [5.74, 6) is 0. The maximum atomic E-state index is 5.96. The molecule has 1 aromatic carbocycles. The highest BCUT2D eigenvalue weighted by Gasteiger charge is 2.02. The Bertz CT molecular complexity index is 700. The molecule has 0 saturated heterocycles. The second-order valence-corrected chi connectivity index (χ2v) is 4.52. The predicted molar refractivity (Wildman–Crippen MR) is 74.3 cm³/mol. The van der Waals surface area contributed by atoms with E-state index < -0.39 is 0 Å². The highest BCUT2D eigenvalue weighted by atomic mass is 79.9. The van der Waals surface area contributed by atoms with Crippen LogP contribution < -0.4 is 26.7 Å². The van der Waals surface area contributed by atoms with E-state index in [-0.39, 0.29) is 17.0 Å². The van der Waals surface area contributed by atoms with Gasteiger partial charge in [0.15, 0.2) is 12.4 Å². The summed E-state index contributed by atoms with van der Waals surface area (Å²) in [6.45, 7) is 0. The van der Waals surface area contributed by atoms with E-state index >= 15 is 0 Å². The molecule has 0 radical (unpaired) electrons. The van der Waals surface area contributed by atoms with Crippen LogP contribution in [0.3, 0.4) is 0 Å². The van der Waals surface area contributed by atoms with Gasteiger partial charge in [-0.1, -0.05) is 17.7 Å². The third-order valence-corrected chi connectivity index (χ3v) is 2.99. The number of fused-ring (bicyclic) bond motifs is 1. The van der Waals surface area contributed by atoms with Crippen LogP contribution in [0.5, 0.6) is 0 Å². The van der Waals surface area contributed by atoms with Crippen LogP contribution in [-0.4, -0.2) is 0 Å². The van der Waals surface area contributed by atoms with Gasteiger partial charge < -0.3 is 22.3 Å². The smallest absolute Gasteiger partial charge is 0.212 e. The largest absolute Gasteiger partial charge is 1.00 e. The molecule has 0 amide bonds. The molecule has 2 nitrogen and oxygen atoms in total. The van der Waals surface area contributed by atoms with Crippen molar-refractivity contribution in [3.05, 3.63) is 72.0 Å². The summed E-state index contributed by atoms with van der Waals surface area (Å²) in [6, 6.07) is 17.9. The number of hydrogen-bond donors (Lipinski definition) is 1. The highest BCUT2D eigenvalue weighted by Crippen LogP contribution is 2.20. The third kappa shape index (κ3) is 3.25. The van der Waals surface area contributed by atoms with Crippen LogP contribution in [0, 0.1) is 0 Å². The van der Waals surface area contributed by atoms with Gasteiger partial charge in [0.25, 0.3) is 0 Å². The molecule has 96 valence electrons. The normalized spacial score (nSPS) is 9.95. The standard InChI is InChI=1S/C15H11ClN2.BrH/c16-12-4-3-5-13(10-12)17-14-7-9-18-8-2-1-6-15(18)11-14;/h1-11H;1H. The Labute approximate surface area is 127 Å². The Kier molecular flexibility index (Phi) is 4.40. The van der Waals surface area contributed by atoms with Crippen molar-refractivity contribution in [2.45, 2.75) is 0 Å². The minimum Gasteiger partial charge on any atom is -1.00 e. The number of aromatic nitrogens is 1. The first-order valence-corrected chi connectivity index (χ1v) is 6.12. The van der Waals surface area contributed by atoms with Crippen LogP contribution in [0.15, 0.2) is 67.0 Å². The van der Waals surface area contributed by atoms with Crippen molar-refractivity contribution in [3.8, 4) is 0 Å². The van der Waals surface area contributed by atoms with Crippen molar-refractivity contribution in [2.75, 3.05) is 5.32 Å². The van der Waals surface area contributed by atoms with E-state index in [2.05, 4.69) is 21.9 Å². The van der Waals surface area contributed by atoms with Crippen molar-refractivity contribution >= 4 is 28.5 Å². The van der Waals surface area contributed by atoms with Gasteiger partial charge in [0.05, 0.1) is 5.69 Å². The summed E-state index contributed by atoms with van der Waals surface area (Å²) in [5.41, 5.74) is 3.18. The van der Waals surface area contributed by atoms with Gasteiger partial charge in [-0.15, -0.1) is 0 Å². The predicted octanol–water partition coefficient (Wildman–Crippen LogP) is 0.826. The molecule has 0 aliphatic carbocycles. The minimum absolute atomic E-state index is 0. The molecule has 4 heteroatoms. The maximum absolute atomic E-state index is 5.96. The lowest BCUT2D eigenvalue weighted by molar-refractivity contribution is -0.511. The average molecular weight is 336 g/mol. The first kappa shape index (κ1) is 13.8. The fraction of sp³-hybridized carbons (Fsp3) is 0. The van der Waals surface area contributed by atoms with Crippen molar-refractivity contribution in [2.24, 2.45) is 0 Å². The van der Waals surface area contributed by atoms with Gasteiger partial charge in [0, 0.05) is 35.0 Å². The Morgan fingerprint density at radius 1 is 0.842 bits per heavy atom.